The van der Waals surface area contributed by atoms with Crippen LogP contribution in [0.2, 0.25) is 1.41 Å². The average molecular weight is 376 g/mol. The zero-order valence-electron chi connectivity index (χ0n) is 22.5. The minimum atomic E-state index is -2.79. The Bertz CT molecular complexity index is 1480. The van der Waals surface area contributed by atoms with Crippen molar-refractivity contribution in [3.05, 3.63) is 66.1 Å². The van der Waals surface area contributed by atoms with Gasteiger partial charge in [-0.2, -0.15) is 0 Å². The van der Waals surface area contributed by atoms with Crippen molar-refractivity contribution in [2.75, 3.05) is 7.11 Å². The van der Waals surface area contributed by atoms with Gasteiger partial charge in [0.1, 0.15) is 5.75 Å². The third-order valence-corrected chi connectivity index (χ3v) is 4.71. The molecule has 4 rings (SSSR count). The second-order valence-corrected chi connectivity index (χ2v) is 6.56. The van der Waals surface area contributed by atoms with E-state index in [-0.39, 0.29) is 51.4 Å². The summed E-state index contributed by atoms with van der Waals surface area (Å²) >= 11 is 0. The lowest BCUT2D eigenvalue weighted by Gasteiger charge is -2.08. The van der Waals surface area contributed by atoms with Crippen molar-refractivity contribution in [3.63, 3.8) is 0 Å². The Morgan fingerprint density at radius 1 is 1.38 bits per heavy atom. The number of pyridine rings is 1. The van der Waals surface area contributed by atoms with Gasteiger partial charge in [-0.3, -0.25) is 9.19 Å². The number of aromatic nitrogens is 4. The van der Waals surface area contributed by atoms with Crippen LogP contribution in [0.5, 0.6) is 5.75 Å². The minimum absolute atomic E-state index is 0.0731. The van der Waals surface area contributed by atoms with Crippen LogP contribution in [-0.4, -0.2) is 30.8 Å². The molecule has 4 aromatic rings. The molecule has 26 heavy (non-hydrogen) atoms. The summed E-state index contributed by atoms with van der Waals surface area (Å²) in [6.07, 6.45) is 2.62. The Balaban J connectivity index is 1.87. The Morgan fingerprint density at radius 2 is 2.23 bits per heavy atom. The maximum atomic E-state index is 13.3. The Kier molecular flexibility index (Phi) is 2.38. The van der Waals surface area contributed by atoms with Gasteiger partial charge in [0.25, 0.3) is 0 Å². The highest BCUT2D eigenvalue weighted by Gasteiger charge is 2.15. The van der Waals surface area contributed by atoms with Crippen LogP contribution in [0.25, 0.3) is 16.7 Å². The van der Waals surface area contributed by atoms with Gasteiger partial charge in [0.2, 0.25) is 0 Å². The Morgan fingerprint density at radius 3 is 3.00 bits per heavy atom. The second-order valence-electron chi connectivity index (χ2n) is 5.21. The highest BCUT2D eigenvalue weighted by atomic mass is 32.2. The number of nitrogens with zero attached hydrogens (tertiary/aromatic N) is 3. The fourth-order valence-electron chi connectivity index (χ4n) is 2.31. The number of benzene rings is 1. The van der Waals surface area contributed by atoms with E-state index in [1.54, 1.807) is 24.5 Å². The number of imidazole rings is 1. The summed E-state index contributed by atoms with van der Waals surface area (Å²) < 4.78 is 92.5. The quantitative estimate of drug-likeness (QED) is 0.580. The van der Waals surface area contributed by atoms with E-state index in [1.807, 2.05) is 0 Å². The van der Waals surface area contributed by atoms with Crippen LogP contribution in [-0.2, 0) is 16.6 Å². The lowest BCUT2D eigenvalue weighted by Crippen LogP contribution is -2.03. The summed E-state index contributed by atoms with van der Waals surface area (Å²) in [5.41, 5.74) is -0.975. The molecule has 1 atom stereocenters. The molecule has 0 saturated heterocycles. The van der Waals surface area contributed by atoms with Crippen molar-refractivity contribution in [2.24, 2.45) is 0 Å². The zero-order chi connectivity index (χ0) is 25.8. The number of fused-ring (bicyclic) bond motifs is 1. The molecule has 0 saturated carbocycles. The van der Waals surface area contributed by atoms with Crippen LogP contribution in [0.15, 0.2) is 60.0 Å². The first-order chi connectivity index (χ1) is 16.4. The maximum absolute atomic E-state index is 13.3. The molecule has 132 valence electrons. The van der Waals surface area contributed by atoms with Gasteiger partial charge in [0.15, 0.2) is 6.57 Å². The van der Waals surface area contributed by atoms with Crippen molar-refractivity contribution in [1.82, 2.24) is 19.5 Å². The first-order valence-electron chi connectivity index (χ1n) is 11.9. The van der Waals surface area contributed by atoms with Gasteiger partial charge in [-0.25, -0.2) is 4.98 Å². The SMILES string of the molecule is [2H]c1nc(CS(=O)c2nc3c([2H])c(-n4cccc4)c([2H])c([2H])c3n2[2H])c(C([2H])([2H])[2H])c(OC)c1[2H]. The first kappa shape index (κ1) is 9.14. The number of nitrogens with one attached hydrogen (secondary N) is 1. The molecule has 0 bridgehead atoms. The molecule has 0 fully saturated rings. The number of rotatable bonds is 5. The van der Waals surface area contributed by atoms with Gasteiger partial charge in [0, 0.05) is 33.9 Å². The van der Waals surface area contributed by atoms with E-state index < -0.39 is 41.2 Å². The third kappa shape index (κ3) is 3.01. The molecule has 0 radical (unpaired) electrons. The van der Waals surface area contributed by atoms with E-state index in [0.717, 1.165) is 7.11 Å². The van der Waals surface area contributed by atoms with Crippen molar-refractivity contribution >= 4 is 21.8 Å². The molecular weight excluding hydrogens is 348 g/mol. The monoisotopic (exact) mass is 375 g/mol. The normalized spacial score (nSPS) is 17.8. The summed E-state index contributed by atoms with van der Waals surface area (Å²) in [7, 11) is -1.05. The van der Waals surface area contributed by atoms with Gasteiger partial charge in [-0.1, -0.05) is 0 Å². The second kappa shape index (κ2) is 6.76. The van der Waals surface area contributed by atoms with Crippen LogP contribution in [0, 0.1) is 6.85 Å². The van der Waals surface area contributed by atoms with E-state index in [0.29, 0.717) is 4.98 Å². The summed E-state index contributed by atoms with van der Waals surface area (Å²) in [5, 5.41) is -0.384. The number of H-pyrrole nitrogens is 1. The number of aromatic amines is 1. The van der Waals surface area contributed by atoms with E-state index >= 15 is 0 Å². The molecule has 1 unspecified atom stereocenters. The van der Waals surface area contributed by atoms with Gasteiger partial charge >= 0.3 is 0 Å². The van der Waals surface area contributed by atoms with Crippen molar-refractivity contribution in [2.45, 2.75) is 17.8 Å². The van der Waals surface area contributed by atoms with Crippen molar-refractivity contribution in [1.29, 1.82) is 0 Å². The number of hydrogen-bond donors (Lipinski definition) is 1. The predicted molar refractivity (Wildman–Crippen MR) is 101 cm³/mol. The average Bonchev–Trinajstić information content (AvgIpc) is 3.42. The molecule has 6 nitrogen and oxygen atoms in total. The molecule has 3 aromatic heterocycles. The molecule has 0 aliphatic rings. The van der Waals surface area contributed by atoms with Gasteiger partial charge < -0.3 is 14.3 Å². The molecule has 0 amide bonds. The topological polar surface area (TPSA) is 72.8 Å². The molecule has 0 aliphatic carbocycles. The molecule has 0 aliphatic heterocycles. The summed E-state index contributed by atoms with van der Waals surface area (Å²) in [5.74, 6) is -0.953. The van der Waals surface area contributed by atoms with Crippen LogP contribution < -0.4 is 4.74 Å². The van der Waals surface area contributed by atoms with Gasteiger partial charge in [-0.15, -0.1) is 0 Å². The van der Waals surface area contributed by atoms with E-state index in [4.69, 9.17) is 17.1 Å². The molecule has 1 N–H and O–H groups in total. The largest absolute Gasteiger partial charge is 0.496 e. The smallest absolute Gasteiger partial charge is 0.197 e. The third-order valence-electron chi connectivity index (χ3n) is 3.59. The molecule has 1 aromatic carbocycles. The maximum Gasteiger partial charge on any atom is 0.197 e. The lowest BCUT2D eigenvalue weighted by atomic mass is 10.2. The molecule has 0 spiro atoms. The zero-order valence-corrected chi connectivity index (χ0v) is 14.3. The molecule has 7 heteroatoms. The van der Waals surface area contributed by atoms with Gasteiger partial charge in [-0.05, 0) is 43.2 Å². The minimum Gasteiger partial charge on any atom is -0.496 e. The van der Waals surface area contributed by atoms with E-state index in [1.165, 1.54) is 4.57 Å². The van der Waals surface area contributed by atoms with E-state index in [9.17, 15) is 4.21 Å². The number of ether oxygens (including phenoxy) is 1. The lowest BCUT2D eigenvalue weighted by molar-refractivity contribution is 0.410. The molecular formula is C19H18N4O2S. The fraction of sp³-hybridized carbons (Fsp3) is 0.158. The highest BCUT2D eigenvalue weighted by Crippen LogP contribution is 2.22. The Hall–Kier alpha value is -2.93. The van der Waals surface area contributed by atoms with Crippen LogP contribution in [0.3, 0.4) is 0 Å². The number of methoxy groups -OCH3 is 1. The van der Waals surface area contributed by atoms with E-state index in [2.05, 4.69) is 9.97 Å². The van der Waals surface area contributed by atoms with Crippen LogP contribution >= 0.6 is 0 Å². The Labute approximate surface area is 166 Å². The molecule has 3 heterocycles. The van der Waals surface area contributed by atoms with Crippen LogP contribution in [0.1, 0.15) is 22.2 Å². The van der Waals surface area contributed by atoms with Crippen LogP contribution in [0.4, 0.5) is 0 Å². The summed E-state index contributed by atoms with van der Waals surface area (Å²) in [4.78, 5) is 8.57. The summed E-state index contributed by atoms with van der Waals surface area (Å²) in [6.45, 7) is -2.79. The van der Waals surface area contributed by atoms with Crippen molar-refractivity contribution < 1.29 is 21.3 Å². The first-order valence-corrected chi connectivity index (χ1v) is 8.78. The summed E-state index contributed by atoms with van der Waals surface area (Å²) in [6, 6.07) is 1.90. The standard InChI is InChI=1S/C19H18N4O2S/c1-13-17(20-8-7-18(13)25-2)12-26(24)19-21-15-6-5-14(11-16(15)22-19)23-9-3-4-10-23/h3-11H,12H2,1-2H3,(H,21,22)/i1D3,5D,6D,7D,8D,11D/hD. The van der Waals surface area contributed by atoms with Crippen molar-refractivity contribution in [3.8, 4) is 11.4 Å². The predicted octanol–water partition coefficient (Wildman–Crippen LogP) is 3.37. The fourth-order valence-corrected chi connectivity index (χ4v) is 3.29. The highest BCUT2D eigenvalue weighted by molar-refractivity contribution is 7.84. The number of hydrogen-bond acceptors (Lipinski definition) is 4. The van der Waals surface area contributed by atoms with Gasteiger partial charge in [0.05, 0.1) is 47.2 Å².